The number of aliphatic carboxylic acids is 1. The average molecular weight is 273 g/mol. The van der Waals surface area contributed by atoms with Crippen LogP contribution in [0.3, 0.4) is 0 Å². The molecule has 0 aliphatic heterocycles. The number of benzene rings is 1. The molecule has 0 unspecified atom stereocenters. The minimum absolute atomic E-state index is 0.329. The van der Waals surface area contributed by atoms with Gasteiger partial charge in [-0.3, -0.25) is 4.79 Å². The summed E-state index contributed by atoms with van der Waals surface area (Å²) in [6.07, 6.45) is 1.05. The van der Waals surface area contributed by atoms with E-state index in [2.05, 4.69) is 15.9 Å². The largest absolute Gasteiger partial charge is 0.481 e. The number of hydrogen-bond acceptors (Lipinski definition) is 1. The Hall–Kier alpha value is -0.900. The van der Waals surface area contributed by atoms with Crippen LogP contribution < -0.4 is 0 Å². The number of carboxylic acid groups (broad SMARTS) is 1. The molecule has 1 aliphatic carbocycles. The quantitative estimate of drug-likeness (QED) is 0.899. The molecule has 0 amide bonds. The van der Waals surface area contributed by atoms with Gasteiger partial charge in [0.25, 0.3) is 0 Å². The first-order chi connectivity index (χ1) is 6.99. The molecule has 0 heterocycles. The minimum atomic E-state index is -0.974. The SMILES string of the molecule is Cc1ccc(Br)c(F)c1C1(C(=O)O)CC1. The Morgan fingerprint density at radius 1 is 1.53 bits per heavy atom. The van der Waals surface area contributed by atoms with Crippen LogP contribution in [0.25, 0.3) is 0 Å². The first-order valence-electron chi connectivity index (χ1n) is 4.67. The highest BCUT2D eigenvalue weighted by molar-refractivity contribution is 9.10. The van der Waals surface area contributed by atoms with Gasteiger partial charge < -0.3 is 5.11 Å². The van der Waals surface area contributed by atoms with Crippen molar-refractivity contribution in [1.82, 2.24) is 0 Å². The van der Waals surface area contributed by atoms with Crippen molar-refractivity contribution < 1.29 is 14.3 Å². The zero-order valence-electron chi connectivity index (χ0n) is 8.18. The summed E-state index contributed by atoms with van der Waals surface area (Å²) in [6.45, 7) is 1.74. The number of rotatable bonds is 2. The Bertz CT molecular complexity index is 438. The molecule has 1 aromatic carbocycles. The van der Waals surface area contributed by atoms with Crippen molar-refractivity contribution in [3.8, 4) is 0 Å². The lowest BCUT2D eigenvalue weighted by molar-refractivity contribution is -0.140. The third-order valence-corrected chi connectivity index (χ3v) is 3.55. The van der Waals surface area contributed by atoms with Crippen molar-refractivity contribution in [3.05, 3.63) is 33.5 Å². The molecule has 0 radical (unpaired) electrons. The molecule has 0 aromatic heterocycles. The Morgan fingerprint density at radius 3 is 2.60 bits per heavy atom. The first-order valence-corrected chi connectivity index (χ1v) is 5.47. The van der Waals surface area contributed by atoms with Crippen molar-refractivity contribution in [3.63, 3.8) is 0 Å². The standard InChI is InChI=1S/C11H10BrFO2/c1-6-2-3-7(12)9(13)8(6)11(4-5-11)10(14)15/h2-3H,4-5H2,1H3,(H,14,15). The second-order valence-electron chi connectivity index (χ2n) is 3.94. The molecule has 1 aromatic rings. The van der Waals surface area contributed by atoms with E-state index in [4.69, 9.17) is 5.11 Å². The maximum Gasteiger partial charge on any atom is 0.314 e. The van der Waals surface area contributed by atoms with Gasteiger partial charge in [0.2, 0.25) is 0 Å². The minimum Gasteiger partial charge on any atom is -0.481 e. The Kier molecular flexibility index (Phi) is 2.34. The molecule has 80 valence electrons. The van der Waals surface area contributed by atoms with Gasteiger partial charge in [0.1, 0.15) is 5.82 Å². The topological polar surface area (TPSA) is 37.3 Å². The maximum atomic E-state index is 13.8. The van der Waals surface area contributed by atoms with E-state index < -0.39 is 17.2 Å². The van der Waals surface area contributed by atoms with Gasteiger partial charge in [-0.15, -0.1) is 0 Å². The molecule has 0 atom stereocenters. The Morgan fingerprint density at radius 2 is 2.13 bits per heavy atom. The van der Waals surface area contributed by atoms with E-state index in [1.54, 1.807) is 19.1 Å². The molecule has 1 fully saturated rings. The first kappa shape index (κ1) is 10.6. The second-order valence-corrected chi connectivity index (χ2v) is 4.79. The van der Waals surface area contributed by atoms with E-state index in [9.17, 15) is 9.18 Å². The number of halogens is 2. The van der Waals surface area contributed by atoms with Crippen LogP contribution in [-0.2, 0) is 10.2 Å². The van der Waals surface area contributed by atoms with Crippen LogP contribution in [0.1, 0.15) is 24.0 Å². The molecule has 2 rings (SSSR count). The fraction of sp³-hybridized carbons (Fsp3) is 0.364. The normalized spacial score (nSPS) is 17.5. The zero-order valence-corrected chi connectivity index (χ0v) is 9.77. The third kappa shape index (κ3) is 1.47. The molecule has 1 N–H and O–H groups in total. The number of carbonyl (C=O) groups is 1. The van der Waals surface area contributed by atoms with Crippen molar-refractivity contribution >= 4 is 21.9 Å². The summed E-state index contributed by atoms with van der Waals surface area (Å²) < 4.78 is 14.2. The highest BCUT2D eigenvalue weighted by Crippen LogP contribution is 2.51. The van der Waals surface area contributed by atoms with Crippen LogP contribution >= 0.6 is 15.9 Å². The lowest BCUT2D eigenvalue weighted by Gasteiger charge is -2.15. The highest BCUT2D eigenvalue weighted by Gasteiger charge is 2.54. The smallest absolute Gasteiger partial charge is 0.314 e. The van der Waals surface area contributed by atoms with Gasteiger partial charge in [-0.2, -0.15) is 0 Å². The van der Waals surface area contributed by atoms with Crippen LogP contribution in [0.5, 0.6) is 0 Å². The molecular weight excluding hydrogens is 263 g/mol. The van der Waals surface area contributed by atoms with E-state index in [-0.39, 0.29) is 0 Å². The predicted molar refractivity (Wildman–Crippen MR) is 57.4 cm³/mol. The summed E-state index contributed by atoms with van der Waals surface area (Å²) in [6, 6.07) is 3.34. The monoisotopic (exact) mass is 272 g/mol. The van der Waals surface area contributed by atoms with Gasteiger partial charge in [0, 0.05) is 5.56 Å². The lowest BCUT2D eigenvalue weighted by Crippen LogP contribution is -2.22. The van der Waals surface area contributed by atoms with Gasteiger partial charge >= 0.3 is 5.97 Å². The van der Waals surface area contributed by atoms with E-state index in [1.165, 1.54) is 0 Å². The van der Waals surface area contributed by atoms with Crippen LogP contribution in [0.4, 0.5) is 4.39 Å². The number of hydrogen-bond donors (Lipinski definition) is 1. The molecule has 1 aliphatic rings. The molecule has 1 saturated carbocycles. The predicted octanol–water partition coefficient (Wildman–Crippen LogP) is 3.01. The highest BCUT2D eigenvalue weighted by atomic mass is 79.9. The summed E-state index contributed by atoms with van der Waals surface area (Å²) in [7, 11) is 0. The lowest BCUT2D eigenvalue weighted by atomic mass is 9.91. The Labute approximate surface area is 95.2 Å². The van der Waals surface area contributed by atoms with Gasteiger partial charge in [-0.1, -0.05) is 6.07 Å². The van der Waals surface area contributed by atoms with Gasteiger partial charge in [-0.05, 0) is 47.3 Å². The van der Waals surface area contributed by atoms with E-state index in [1.807, 2.05) is 0 Å². The van der Waals surface area contributed by atoms with Gasteiger partial charge in [-0.25, -0.2) is 4.39 Å². The third-order valence-electron chi connectivity index (χ3n) is 2.94. The molecular formula is C11H10BrFO2. The van der Waals surface area contributed by atoms with Crippen LogP contribution in [-0.4, -0.2) is 11.1 Å². The molecule has 0 saturated heterocycles. The molecule has 0 bridgehead atoms. The van der Waals surface area contributed by atoms with E-state index in [0.717, 1.165) is 0 Å². The maximum absolute atomic E-state index is 13.8. The fourth-order valence-electron chi connectivity index (χ4n) is 1.93. The molecule has 2 nitrogen and oxygen atoms in total. The van der Waals surface area contributed by atoms with Crippen LogP contribution in [0, 0.1) is 12.7 Å². The summed E-state index contributed by atoms with van der Waals surface area (Å²) >= 11 is 3.08. The Balaban J connectivity index is 2.62. The fourth-order valence-corrected chi connectivity index (χ4v) is 2.26. The van der Waals surface area contributed by atoms with Crippen LogP contribution in [0.2, 0.25) is 0 Å². The zero-order chi connectivity index (χ0) is 11.2. The number of carboxylic acids is 1. The molecule has 0 spiro atoms. The van der Waals surface area contributed by atoms with Crippen molar-refractivity contribution in [2.75, 3.05) is 0 Å². The summed E-state index contributed by atoms with van der Waals surface area (Å²) in [5, 5.41) is 9.11. The van der Waals surface area contributed by atoms with Crippen molar-refractivity contribution in [2.45, 2.75) is 25.2 Å². The molecule has 15 heavy (non-hydrogen) atoms. The molecule has 4 heteroatoms. The van der Waals surface area contributed by atoms with Gasteiger partial charge in [0.05, 0.1) is 9.89 Å². The second kappa shape index (κ2) is 3.30. The summed E-state index contributed by atoms with van der Waals surface area (Å²) in [4.78, 5) is 11.1. The van der Waals surface area contributed by atoms with E-state index in [0.29, 0.717) is 28.4 Å². The average Bonchev–Trinajstić information content (AvgIpc) is 2.93. The van der Waals surface area contributed by atoms with Crippen LogP contribution in [0.15, 0.2) is 16.6 Å². The van der Waals surface area contributed by atoms with E-state index >= 15 is 0 Å². The number of aryl methyl sites for hydroxylation is 1. The summed E-state index contributed by atoms with van der Waals surface area (Å²) in [5.41, 5.74) is 0.0674. The van der Waals surface area contributed by atoms with Gasteiger partial charge in [0.15, 0.2) is 0 Å². The summed E-state index contributed by atoms with van der Waals surface area (Å²) in [5.74, 6) is -1.36. The van der Waals surface area contributed by atoms with Crippen molar-refractivity contribution in [1.29, 1.82) is 0 Å². The van der Waals surface area contributed by atoms with Crippen molar-refractivity contribution in [2.24, 2.45) is 0 Å².